The molecule has 166 valence electrons. The molecule has 1 saturated heterocycles. The smallest absolute Gasteiger partial charge is 0.217 e. The molecule has 31 heavy (non-hydrogen) atoms. The number of benzene rings is 1. The molecule has 3 aliphatic rings. The number of fused-ring (bicyclic) bond motifs is 1. The SMILES string of the molecule is CC(C)(OC1=CC=CC2N=C(N)N=C(N)C12)C1CCN(Cc2c(Cl)cccc2Cl)CC1. The number of nitrogens with two attached hydrogens (primary N) is 2. The molecule has 2 aliphatic heterocycles. The fourth-order valence-corrected chi connectivity index (χ4v) is 5.16. The minimum atomic E-state index is -0.345. The molecule has 0 amide bonds. The van der Waals surface area contributed by atoms with E-state index in [1.54, 1.807) is 0 Å². The lowest BCUT2D eigenvalue weighted by Gasteiger charge is -2.43. The van der Waals surface area contributed by atoms with Crippen molar-refractivity contribution in [1.82, 2.24) is 4.90 Å². The molecule has 0 spiro atoms. The van der Waals surface area contributed by atoms with Crippen LogP contribution in [0.1, 0.15) is 32.3 Å². The zero-order chi connectivity index (χ0) is 22.2. The second kappa shape index (κ2) is 8.85. The fourth-order valence-electron chi connectivity index (χ4n) is 4.65. The lowest BCUT2D eigenvalue weighted by molar-refractivity contribution is -0.0475. The summed E-state index contributed by atoms with van der Waals surface area (Å²) < 4.78 is 6.56. The van der Waals surface area contributed by atoms with Crippen molar-refractivity contribution >= 4 is 35.0 Å². The number of hydrogen-bond donors (Lipinski definition) is 2. The second-order valence-electron chi connectivity index (χ2n) is 8.90. The van der Waals surface area contributed by atoms with Gasteiger partial charge in [-0.05, 0) is 58.0 Å². The average molecular weight is 462 g/mol. The predicted molar refractivity (Wildman–Crippen MR) is 127 cm³/mol. The van der Waals surface area contributed by atoms with Crippen molar-refractivity contribution in [2.75, 3.05) is 13.1 Å². The van der Waals surface area contributed by atoms with Gasteiger partial charge in [0.25, 0.3) is 0 Å². The Morgan fingerprint density at radius 3 is 2.52 bits per heavy atom. The molecule has 1 aliphatic carbocycles. The monoisotopic (exact) mass is 461 g/mol. The van der Waals surface area contributed by atoms with Crippen LogP contribution in [0.5, 0.6) is 0 Å². The van der Waals surface area contributed by atoms with E-state index in [2.05, 4.69) is 28.7 Å². The Kier molecular flexibility index (Phi) is 6.33. The van der Waals surface area contributed by atoms with E-state index in [0.29, 0.717) is 11.8 Å². The Bertz CT molecular complexity index is 940. The number of guanidine groups is 1. The van der Waals surface area contributed by atoms with Gasteiger partial charge in [0.05, 0.1) is 6.04 Å². The number of amidine groups is 1. The number of ether oxygens (including phenoxy) is 1. The first-order valence-corrected chi connectivity index (χ1v) is 11.4. The van der Waals surface area contributed by atoms with Crippen molar-refractivity contribution in [3.8, 4) is 0 Å². The maximum atomic E-state index is 6.56. The van der Waals surface area contributed by atoms with E-state index in [1.807, 2.05) is 36.4 Å². The highest BCUT2D eigenvalue weighted by Gasteiger charge is 2.39. The summed E-state index contributed by atoms with van der Waals surface area (Å²) >= 11 is 12.7. The Balaban J connectivity index is 1.39. The maximum Gasteiger partial charge on any atom is 0.217 e. The maximum absolute atomic E-state index is 6.56. The van der Waals surface area contributed by atoms with Gasteiger partial charge in [-0.3, -0.25) is 4.90 Å². The minimum absolute atomic E-state index is 0.157. The number of piperidine rings is 1. The molecule has 2 atom stereocenters. The topological polar surface area (TPSA) is 89.2 Å². The van der Waals surface area contributed by atoms with Crippen molar-refractivity contribution in [2.24, 2.45) is 33.3 Å². The highest BCUT2D eigenvalue weighted by molar-refractivity contribution is 6.35. The predicted octanol–water partition coefficient (Wildman–Crippen LogP) is 4.12. The summed E-state index contributed by atoms with van der Waals surface area (Å²) in [6, 6.07) is 5.51. The lowest BCUT2D eigenvalue weighted by Crippen LogP contribution is -2.46. The first-order chi connectivity index (χ1) is 14.7. The molecule has 1 fully saturated rings. The summed E-state index contributed by atoms with van der Waals surface area (Å²) in [4.78, 5) is 11.0. The molecule has 0 radical (unpaired) electrons. The van der Waals surface area contributed by atoms with Crippen molar-refractivity contribution in [1.29, 1.82) is 0 Å². The van der Waals surface area contributed by atoms with Crippen LogP contribution in [0.2, 0.25) is 10.0 Å². The standard InChI is InChI=1S/C23H29Cl2N5O/c1-23(2,31-19-8-4-7-18-20(19)21(26)29-22(27)28-18)14-9-11-30(12-10-14)13-15-16(24)5-3-6-17(15)25/h3-8,14,18,20H,9-13H2,1-2H3,(H4,26,27,28,29). The van der Waals surface area contributed by atoms with E-state index >= 15 is 0 Å². The molecular formula is C23H29Cl2N5O. The first-order valence-electron chi connectivity index (χ1n) is 10.6. The lowest BCUT2D eigenvalue weighted by atomic mass is 9.82. The van der Waals surface area contributed by atoms with Crippen LogP contribution < -0.4 is 11.5 Å². The number of aliphatic imine (C=N–C) groups is 2. The largest absolute Gasteiger partial charge is 0.491 e. The Hall–Kier alpha value is -2.02. The molecule has 4 rings (SSSR count). The summed E-state index contributed by atoms with van der Waals surface area (Å²) in [5.41, 5.74) is 12.6. The third kappa shape index (κ3) is 4.76. The fraction of sp³-hybridized carbons (Fsp3) is 0.478. The number of rotatable bonds is 5. The second-order valence-corrected chi connectivity index (χ2v) is 9.72. The third-order valence-electron chi connectivity index (χ3n) is 6.46. The van der Waals surface area contributed by atoms with Gasteiger partial charge in [0.15, 0.2) is 0 Å². The molecule has 8 heteroatoms. The molecule has 6 nitrogen and oxygen atoms in total. The van der Waals surface area contributed by atoms with Crippen molar-refractivity contribution in [3.05, 3.63) is 57.8 Å². The van der Waals surface area contributed by atoms with E-state index in [0.717, 1.165) is 53.8 Å². The van der Waals surface area contributed by atoms with Gasteiger partial charge in [-0.15, -0.1) is 0 Å². The number of hydrogen-bond acceptors (Lipinski definition) is 6. The van der Waals surface area contributed by atoms with Crippen LogP contribution in [0, 0.1) is 11.8 Å². The highest BCUT2D eigenvalue weighted by atomic mass is 35.5. The molecule has 0 saturated carbocycles. The zero-order valence-electron chi connectivity index (χ0n) is 17.9. The molecule has 2 heterocycles. The molecule has 1 aromatic carbocycles. The quantitative estimate of drug-likeness (QED) is 0.689. The van der Waals surface area contributed by atoms with E-state index in [9.17, 15) is 0 Å². The highest BCUT2D eigenvalue weighted by Crippen LogP contribution is 2.37. The molecule has 1 aromatic rings. The molecule has 0 bridgehead atoms. The molecule has 0 aromatic heterocycles. The molecule has 2 unspecified atom stereocenters. The molecule has 4 N–H and O–H groups in total. The van der Waals surface area contributed by atoms with Crippen LogP contribution in [0.3, 0.4) is 0 Å². The number of allylic oxidation sites excluding steroid dienone is 2. The van der Waals surface area contributed by atoms with E-state index in [4.69, 9.17) is 39.4 Å². The third-order valence-corrected chi connectivity index (χ3v) is 7.16. The van der Waals surface area contributed by atoms with Gasteiger partial charge < -0.3 is 16.2 Å². The van der Waals surface area contributed by atoms with Gasteiger partial charge >= 0.3 is 0 Å². The number of halogens is 2. The van der Waals surface area contributed by atoms with Crippen LogP contribution >= 0.6 is 23.2 Å². The summed E-state index contributed by atoms with van der Waals surface area (Å²) in [6.07, 6.45) is 7.97. The van der Waals surface area contributed by atoms with Crippen LogP contribution in [0.4, 0.5) is 0 Å². The van der Waals surface area contributed by atoms with Crippen LogP contribution in [-0.4, -0.2) is 41.4 Å². The minimum Gasteiger partial charge on any atom is -0.491 e. The van der Waals surface area contributed by atoms with Crippen LogP contribution in [0.25, 0.3) is 0 Å². The van der Waals surface area contributed by atoms with Gasteiger partial charge in [0, 0.05) is 28.1 Å². The van der Waals surface area contributed by atoms with E-state index < -0.39 is 0 Å². The normalized spacial score (nSPS) is 24.8. The van der Waals surface area contributed by atoms with Crippen LogP contribution in [0.15, 0.2) is 52.2 Å². The van der Waals surface area contributed by atoms with Gasteiger partial charge in [-0.1, -0.05) is 41.4 Å². The Morgan fingerprint density at radius 2 is 1.84 bits per heavy atom. The van der Waals surface area contributed by atoms with Crippen LogP contribution in [-0.2, 0) is 11.3 Å². The summed E-state index contributed by atoms with van der Waals surface area (Å²) in [5, 5.41) is 1.44. The van der Waals surface area contributed by atoms with Gasteiger partial charge in [-0.2, -0.15) is 0 Å². The summed E-state index contributed by atoms with van der Waals surface area (Å²) in [6.45, 7) is 7.00. The number of nitrogens with zero attached hydrogens (tertiary/aromatic N) is 3. The van der Waals surface area contributed by atoms with Crippen molar-refractivity contribution < 1.29 is 4.74 Å². The summed E-state index contributed by atoms with van der Waals surface area (Å²) in [5.74, 6) is 1.69. The Labute approximate surface area is 193 Å². The van der Waals surface area contributed by atoms with Crippen molar-refractivity contribution in [2.45, 2.75) is 44.9 Å². The molecular weight excluding hydrogens is 433 g/mol. The van der Waals surface area contributed by atoms with E-state index in [-0.39, 0.29) is 23.5 Å². The average Bonchev–Trinajstić information content (AvgIpc) is 2.70. The summed E-state index contributed by atoms with van der Waals surface area (Å²) in [7, 11) is 0. The Morgan fingerprint density at radius 1 is 1.16 bits per heavy atom. The van der Waals surface area contributed by atoms with E-state index in [1.165, 1.54) is 0 Å². The van der Waals surface area contributed by atoms with Gasteiger partial charge in [0.1, 0.15) is 23.1 Å². The van der Waals surface area contributed by atoms with Gasteiger partial charge in [0.2, 0.25) is 5.96 Å². The zero-order valence-corrected chi connectivity index (χ0v) is 19.4. The van der Waals surface area contributed by atoms with Gasteiger partial charge in [-0.25, -0.2) is 9.98 Å². The number of likely N-dealkylation sites (tertiary alicyclic amines) is 1. The first kappa shape index (κ1) is 22.2. The van der Waals surface area contributed by atoms with Crippen molar-refractivity contribution in [3.63, 3.8) is 0 Å².